The van der Waals surface area contributed by atoms with Crippen molar-refractivity contribution in [3.05, 3.63) is 35.5 Å². The lowest BCUT2D eigenvalue weighted by molar-refractivity contribution is -0.168. The molecular weight excluding hydrogens is 336 g/mol. The topological polar surface area (TPSA) is 104 Å². The minimum Gasteiger partial charge on any atom is -0.478 e. The zero-order chi connectivity index (χ0) is 19.8. The number of carbonyl (C=O) groups excluding carboxylic acids is 1. The number of carbonyl (C=O) groups is 2. The van der Waals surface area contributed by atoms with Crippen LogP contribution in [-0.4, -0.2) is 45.1 Å². The lowest BCUT2D eigenvalue weighted by atomic mass is 9.57. The van der Waals surface area contributed by atoms with Crippen LogP contribution >= 0.6 is 0 Å². The number of hydrogen-bond donors (Lipinski definition) is 3. The van der Waals surface area contributed by atoms with Gasteiger partial charge in [0.15, 0.2) is 0 Å². The molecule has 0 aromatic rings. The summed E-state index contributed by atoms with van der Waals surface area (Å²) in [6.07, 6.45) is 2.36. The van der Waals surface area contributed by atoms with E-state index in [1.165, 1.54) is 0 Å². The molecule has 6 heteroatoms. The van der Waals surface area contributed by atoms with Gasteiger partial charge in [-0.15, -0.1) is 0 Å². The average Bonchev–Trinajstić information content (AvgIpc) is 2.55. The van der Waals surface area contributed by atoms with E-state index < -0.39 is 35.7 Å². The largest absolute Gasteiger partial charge is 0.478 e. The van der Waals surface area contributed by atoms with E-state index in [-0.39, 0.29) is 23.8 Å². The summed E-state index contributed by atoms with van der Waals surface area (Å²) in [5.41, 5.74) is -0.113. The Balaban J connectivity index is 2.47. The van der Waals surface area contributed by atoms with Crippen molar-refractivity contribution in [2.45, 2.75) is 58.3 Å². The number of fused-ring (bicyclic) bond motifs is 1. The van der Waals surface area contributed by atoms with E-state index in [1.54, 1.807) is 39.8 Å². The lowest BCUT2D eigenvalue weighted by Gasteiger charge is -2.51. The van der Waals surface area contributed by atoms with E-state index in [2.05, 4.69) is 6.58 Å². The van der Waals surface area contributed by atoms with Crippen LogP contribution in [-0.2, 0) is 14.3 Å². The molecule has 2 aliphatic carbocycles. The SMILES string of the molecule is C=C(C(=O)O)[C@H]1[C@@H]2C=C(C)[C@@H](O)C[C@@H]2[C@](C)(O)C[C@@H]1OC(=O)/C(C)=C\C. The summed E-state index contributed by atoms with van der Waals surface area (Å²) in [6.45, 7) is 10.5. The molecule has 0 aliphatic heterocycles. The third kappa shape index (κ3) is 3.76. The highest BCUT2D eigenvalue weighted by Gasteiger charge is 2.54. The first kappa shape index (κ1) is 20.4. The summed E-state index contributed by atoms with van der Waals surface area (Å²) < 4.78 is 5.59. The average molecular weight is 364 g/mol. The Morgan fingerprint density at radius 3 is 2.58 bits per heavy atom. The van der Waals surface area contributed by atoms with Gasteiger partial charge in [-0.05, 0) is 51.5 Å². The Morgan fingerprint density at radius 2 is 2.04 bits per heavy atom. The maximum Gasteiger partial charge on any atom is 0.333 e. The number of allylic oxidation sites excluding steroid dienone is 2. The summed E-state index contributed by atoms with van der Waals surface area (Å²) in [4.78, 5) is 23.9. The van der Waals surface area contributed by atoms with Gasteiger partial charge in [0.2, 0.25) is 0 Å². The number of carboxylic acid groups (broad SMARTS) is 1. The fourth-order valence-corrected chi connectivity index (χ4v) is 4.13. The van der Waals surface area contributed by atoms with Crippen LogP contribution in [0, 0.1) is 17.8 Å². The first-order chi connectivity index (χ1) is 12.0. The second-order valence-corrected chi connectivity index (χ2v) is 7.68. The zero-order valence-electron chi connectivity index (χ0n) is 15.7. The predicted octanol–water partition coefficient (Wildman–Crippen LogP) is 2.22. The van der Waals surface area contributed by atoms with Crippen LogP contribution < -0.4 is 0 Å². The van der Waals surface area contributed by atoms with Gasteiger partial charge in [-0.25, -0.2) is 9.59 Å². The van der Waals surface area contributed by atoms with Crippen molar-refractivity contribution < 1.29 is 29.6 Å². The molecule has 26 heavy (non-hydrogen) atoms. The van der Waals surface area contributed by atoms with Crippen LogP contribution in [0.5, 0.6) is 0 Å². The number of aliphatic hydroxyl groups excluding tert-OH is 1. The molecule has 0 saturated heterocycles. The van der Waals surface area contributed by atoms with Gasteiger partial charge in [-0.2, -0.15) is 0 Å². The molecule has 0 unspecified atom stereocenters. The van der Waals surface area contributed by atoms with Gasteiger partial charge in [-0.1, -0.05) is 18.7 Å². The number of carboxylic acids is 1. The molecule has 144 valence electrons. The molecule has 0 heterocycles. The highest BCUT2D eigenvalue weighted by molar-refractivity contribution is 5.89. The monoisotopic (exact) mass is 364 g/mol. The fourth-order valence-electron chi connectivity index (χ4n) is 4.13. The molecule has 1 fully saturated rings. The Bertz CT molecular complexity index is 672. The van der Waals surface area contributed by atoms with Crippen LogP contribution in [0.4, 0.5) is 0 Å². The Kier molecular flexibility index (Phi) is 5.78. The maximum absolute atomic E-state index is 12.3. The van der Waals surface area contributed by atoms with Crippen molar-refractivity contribution in [3.63, 3.8) is 0 Å². The van der Waals surface area contributed by atoms with E-state index in [4.69, 9.17) is 4.74 Å². The maximum atomic E-state index is 12.3. The molecule has 0 amide bonds. The first-order valence-electron chi connectivity index (χ1n) is 8.84. The van der Waals surface area contributed by atoms with Gasteiger partial charge in [-0.3, -0.25) is 0 Å². The number of hydrogen-bond acceptors (Lipinski definition) is 5. The van der Waals surface area contributed by atoms with Gasteiger partial charge in [0.25, 0.3) is 0 Å². The van der Waals surface area contributed by atoms with Gasteiger partial charge in [0.05, 0.1) is 11.7 Å². The number of ether oxygens (including phenoxy) is 1. The van der Waals surface area contributed by atoms with Gasteiger partial charge < -0.3 is 20.1 Å². The summed E-state index contributed by atoms with van der Waals surface area (Å²) in [5, 5.41) is 30.7. The molecule has 2 rings (SSSR count). The number of rotatable bonds is 4. The van der Waals surface area contributed by atoms with Crippen molar-refractivity contribution in [2.24, 2.45) is 17.8 Å². The molecular formula is C20H28O6. The van der Waals surface area contributed by atoms with Crippen LogP contribution in [0.25, 0.3) is 0 Å². The van der Waals surface area contributed by atoms with E-state index in [9.17, 15) is 24.9 Å². The first-order valence-corrected chi connectivity index (χ1v) is 8.84. The molecule has 0 radical (unpaired) electrons. The van der Waals surface area contributed by atoms with E-state index in [0.717, 1.165) is 5.57 Å². The molecule has 0 spiro atoms. The number of aliphatic carboxylic acids is 1. The van der Waals surface area contributed by atoms with E-state index >= 15 is 0 Å². The van der Waals surface area contributed by atoms with Crippen molar-refractivity contribution >= 4 is 11.9 Å². The van der Waals surface area contributed by atoms with E-state index in [1.807, 2.05) is 0 Å². The predicted molar refractivity (Wildman–Crippen MR) is 96.2 cm³/mol. The minimum absolute atomic E-state index is 0.0492. The third-order valence-electron chi connectivity index (χ3n) is 5.84. The fraction of sp³-hybridized carbons (Fsp3) is 0.600. The smallest absolute Gasteiger partial charge is 0.333 e. The summed E-state index contributed by atoms with van der Waals surface area (Å²) in [5.74, 6) is -3.08. The molecule has 1 saturated carbocycles. The van der Waals surface area contributed by atoms with Gasteiger partial charge >= 0.3 is 11.9 Å². The highest BCUT2D eigenvalue weighted by atomic mass is 16.5. The third-order valence-corrected chi connectivity index (χ3v) is 5.84. The summed E-state index contributed by atoms with van der Waals surface area (Å²) >= 11 is 0. The quantitative estimate of drug-likeness (QED) is 0.401. The minimum atomic E-state index is -1.20. The molecule has 0 aromatic carbocycles. The molecule has 3 N–H and O–H groups in total. The summed E-state index contributed by atoms with van der Waals surface area (Å²) in [6, 6.07) is 0. The van der Waals surface area contributed by atoms with Crippen LogP contribution in [0.3, 0.4) is 0 Å². The van der Waals surface area contributed by atoms with Crippen LogP contribution in [0.2, 0.25) is 0 Å². The Morgan fingerprint density at radius 1 is 1.42 bits per heavy atom. The van der Waals surface area contributed by atoms with Crippen LogP contribution in [0.1, 0.15) is 40.5 Å². The van der Waals surface area contributed by atoms with Crippen molar-refractivity contribution in [3.8, 4) is 0 Å². The summed E-state index contributed by atoms with van der Waals surface area (Å²) in [7, 11) is 0. The number of esters is 1. The second kappa shape index (κ2) is 7.37. The van der Waals surface area contributed by atoms with Crippen molar-refractivity contribution in [2.75, 3.05) is 0 Å². The molecule has 0 aromatic heterocycles. The molecule has 2 aliphatic rings. The second-order valence-electron chi connectivity index (χ2n) is 7.68. The van der Waals surface area contributed by atoms with Gasteiger partial charge in [0.1, 0.15) is 6.10 Å². The number of aliphatic hydroxyl groups is 2. The van der Waals surface area contributed by atoms with Crippen molar-refractivity contribution in [1.82, 2.24) is 0 Å². The zero-order valence-corrected chi connectivity index (χ0v) is 15.7. The molecule has 0 bridgehead atoms. The Hall–Kier alpha value is -1.92. The van der Waals surface area contributed by atoms with Crippen LogP contribution in [0.15, 0.2) is 35.5 Å². The lowest BCUT2D eigenvalue weighted by Crippen LogP contribution is -2.56. The van der Waals surface area contributed by atoms with Gasteiger partial charge in [0, 0.05) is 23.5 Å². The Labute approximate surface area is 153 Å². The highest BCUT2D eigenvalue weighted by Crippen LogP contribution is 2.50. The standard InChI is InChI=1S/C20H28O6/c1-6-10(2)19(24)26-16-9-20(5,25)14-8-15(21)11(3)7-13(14)17(16)12(4)18(22)23/h6-7,13-17,21,25H,4,8-9H2,1-3,5H3,(H,22,23)/b10-6-/t13-,14+,15+,16+,17+,20-/m1/s1. The normalized spacial score (nSPS) is 37.4. The van der Waals surface area contributed by atoms with E-state index in [0.29, 0.717) is 12.0 Å². The molecule has 6 nitrogen and oxygen atoms in total. The molecule has 6 atom stereocenters. The van der Waals surface area contributed by atoms with Crippen molar-refractivity contribution in [1.29, 1.82) is 0 Å².